The van der Waals surface area contributed by atoms with E-state index in [9.17, 15) is 8.42 Å². The molecule has 0 unspecified atom stereocenters. The van der Waals surface area contributed by atoms with Crippen molar-refractivity contribution < 1.29 is 8.42 Å². The number of alkyl halides is 1. The van der Waals surface area contributed by atoms with Crippen molar-refractivity contribution in [3.05, 3.63) is 0 Å². The third-order valence-electron chi connectivity index (χ3n) is 1.49. The zero-order valence-corrected chi connectivity index (χ0v) is 8.87. The predicted molar refractivity (Wildman–Crippen MR) is 47.0 cm³/mol. The summed E-state index contributed by atoms with van der Waals surface area (Å²) < 4.78 is 21.0. The van der Waals surface area contributed by atoms with E-state index in [0.29, 0.717) is 0 Å². The van der Waals surface area contributed by atoms with Gasteiger partial charge in [0.25, 0.3) is 0 Å². The molecule has 0 radical (unpaired) electrons. The molecule has 3 nitrogen and oxygen atoms in total. The third kappa shape index (κ3) is 1.94. The maximum absolute atomic E-state index is 11.2. The maximum atomic E-state index is 11.2. The van der Waals surface area contributed by atoms with Gasteiger partial charge in [-0.15, -0.1) is 0 Å². The first kappa shape index (κ1) is 10.9. The van der Waals surface area contributed by atoms with E-state index in [1.807, 2.05) is 0 Å². The van der Waals surface area contributed by atoms with E-state index in [0.717, 1.165) is 0 Å². The second kappa shape index (κ2) is 3.55. The minimum Gasteiger partial charge on any atom is -0.226 e. The molecule has 0 aromatic heterocycles. The van der Waals surface area contributed by atoms with Crippen LogP contribution in [0.3, 0.4) is 0 Å². The van der Waals surface area contributed by atoms with E-state index in [-0.39, 0.29) is 12.2 Å². The lowest BCUT2D eigenvalue weighted by atomic mass is 10.4. The lowest BCUT2D eigenvalue weighted by molar-refractivity contribution is 0.585. The molecule has 0 saturated heterocycles. The fourth-order valence-corrected chi connectivity index (χ4v) is 2.32. The normalized spacial score (nSPS) is 16.9. The summed E-state index contributed by atoms with van der Waals surface area (Å²) in [4.78, 5) is 0. The van der Waals surface area contributed by atoms with Gasteiger partial charge >= 0.3 is 0 Å². The highest BCUT2D eigenvalue weighted by molar-refractivity contribution is 9.11. The molecular formula is C6H10BrNO2S. The Morgan fingerprint density at radius 1 is 1.55 bits per heavy atom. The van der Waals surface area contributed by atoms with Crippen molar-refractivity contribution in [2.45, 2.75) is 23.9 Å². The number of hydrogen-bond acceptors (Lipinski definition) is 3. The van der Waals surface area contributed by atoms with Gasteiger partial charge in [-0.1, -0.05) is 29.8 Å². The van der Waals surface area contributed by atoms with Crippen LogP contribution < -0.4 is 0 Å². The number of halogens is 1. The zero-order valence-electron chi connectivity index (χ0n) is 6.46. The van der Waals surface area contributed by atoms with E-state index in [2.05, 4.69) is 15.9 Å². The molecule has 0 aromatic carbocycles. The first-order valence-corrected chi connectivity index (χ1v) is 5.70. The number of sulfone groups is 1. The molecule has 0 aliphatic heterocycles. The molecule has 0 saturated carbocycles. The summed E-state index contributed by atoms with van der Waals surface area (Å²) in [6.07, 6.45) is 0.264. The SMILES string of the molecule is CC[C@](Br)(C#N)S(=O)(=O)CC. The van der Waals surface area contributed by atoms with Crippen molar-refractivity contribution >= 4 is 25.8 Å². The molecule has 0 rings (SSSR count). The average molecular weight is 240 g/mol. The Kier molecular flexibility index (Phi) is 3.52. The van der Waals surface area contributed by atoms with Crippen molar-refractivity contribution in [3.8, 4) is 6.07 Å². The summed E-state index contributed by atoms with van der Waals surface area (Å²) in [6, 6.07) is 1.75. The van der Waals surface area contributed by atoms with Gasteiger partial charge in [0.05, 0.1) is 6.07 Å². The maximum Gasteiger partial charge on any atom is 0.211 e. The molecule has 0 aliphatic carbocycles. The van der Waals surface area contributed by atoms with Crippen LogP contribution in [0.1, 0.15) is 20.3 Å². The molecule has 0 fully saturated rings. The smallest absolute Gasteiger partial charge is 0.211 e. The predicted octanol–water partition coefficient (Wildman–Crippen LogP) is 1.45. The van der Waals surface area contributed by atoms with Crippen LogP contribution in [0.5, 0.6) is 0 Å². The minimum absolute atomic E-state index is 0.0142. The standard InChI is InChI=1S/C6H10BrNO2S/c1-3-6(7,5-8)11(9,10)4-2/h3-4H2,1-2H3/t6-/m1/s1. The van der Waals surface area contributed by atoms with E-state index < -0.39 is 13.5 Å². The van der Waals surface area contributed by atoms with Crippen LogP contribution in [-0.4, -0.2) is 17.8 Å². The average Bonchev–Trinajstić information content (AvgIpc) is 2.02. The van der Waals surface area contributed by atoms with Crippen molar-refractivity contribution in [2.75, 3.05) is 5.75 Å². The second-order valence-corrected chi connectivity index (χ2v) is 6.48. The molecule has 0 spiro atoms. The number of rotatable bonds is 3. The van der Waals surface area contributed by atoms with Gasteiger partial charge in [-0.3, -0.25) is 0 Å². The topological polar surface area (TPSA) is 57.9 Å². The molecule has 0 aliphatic rings. The molecule has 5 heteroatoms. The second-order valence-electron chi connectivity index (χ2n) is 2.10. The van der Waals surface area contributed by atoms with Gasteiger partial charge in [0.2, 0.25) is 3.66 Å². The van der Waals surface area contributed by atoms with Gasteiger partial charge < -0.3 is 0 Å². The molecule has 0 heterocycles. The van der Waals surface area contributed by atoms with Gasteiger partial charge in [-0.25, -0.2) is 8.42 Å². The van der Waals surface area contributed by atoms with Crippen LogP contribution in [0.15, 0.2) is 0 Å². The fraction of sp³-hybridized carbons (Fsp3) is 0.833. The quantitative estimate of drug-likeness (QED) is 0.701. The molecule has 64 valence electrons. The third-order valence-corrected chi connectivity index (χ3v) is 5.84. The van der Waals surface area contributed by atoms with Crippen LogP contribution in [0.4, 0.5) is 0 Å². The largest absolute Gasteiger partial charge is 0.226 e. The summed E-state index contributed by atoms with van der Waals surface area (Å²) in [5.41, 5.74) is 0. The van der Waals surface area contributed by atoms with Crippen molar-refractivity contribution in [2.24, 2.45) is 0 Å². The molecule has 0 N–H and O–H groups in total. The zero-order chi connectivity index (χ0) is 9.12. The Bertz CT molecular complexity index is 267. The van der Waals surface area contributed by atoms with Gasteiger partial charge in [0.15, 0.2) is 9.84 Å². The van der Waals surface area contributed by atoms with Crippen LogP contribution in [0.2, 0.25) is 0 Å². The Labute approximate surface area is 75.4 Å². The van der Waals surface area contributed by atoms with Crippen molar-refractivity contribution in [1.29, 1.82) is 5.26 Å². The first-order valence-electron chi connectivity index (χ1n) is 3.26. The van der Waals surface area contributed by atoms with E-state index in [4.69, 9.17) is 5.26 Å². The molecule has 0 aromatic rings. The van der Waals surface area contributed by atoms with Crippen molar-refractivity contribution in [1.82, 2.24) is 0 Å². The highest BCUT2D eigenvalue weighted by Gasteiger charge is 2.38. The summed E-state index contributed by atoms with van der Waals surface area (Å²) in [5.74, 6) is -0.0142. The van der Waals surface area contributed by atoms with E-state index in [1.165, 1.54) is 6.92 Å². The minimum atomic E-state index is -3.30. The summed E-state index contributed by atoms with van der Waals surface area (Å²) in [7, 11) is -3.30. The molecule has 0 bridgehead atoms. The Morgan fingerprint density at radius 2 is 2.00 bits per heavy atom. The highest BCUT2D eigenvalue weighted by atomic mass is 79.9. The van der Waals surface area contributed by atoms with E-state index >= 15 is 0 Å². The molecule has 0 amide bonds. The Balaban J connectivity index is 4.99. The number of hydrogen-bond donors (Lipinski definition) is 0. The summed E-state index contributed by atoms with van der Waals surface area (Å²) in [6.45, 7) is 3.18. The highest BCUT2D eigenvalue weighted by Crippen LogP contribution is 2.28. The van der Waals surface area contributed by atoms with Crippen LogP contribution in [-0.2, 0) is 9.84 Å². The van der Waals surface area contributed by atoms with Gasteiger partial charge in [-0.05, 0) is 6.42 Å². The molecule has 1 atom stereocenters. The molecule has 11 heavy (non-hydrogen) atoms. The number of nitrogens with zero attached hydrogens (tertiary/aromatic N) is 1. The Hall–Kier alpha value is -0.0800. The van der Waals surface area contributed by atoms with Gasteiger partial charge in [0.1, 0.15) is 0 Å². The lowest BCUT2D eigenvalue weighted by Gasteiger charge is -2.15. The van der Waals surface area contributed by atoms with Crippen LogP contribution in [0, 0.1) is 11.3 Å². The molecular weight excluding hydrogens is 230 g/mol. The van der Waals surface area contributed by atoms with E-state index in [1.54, 1.807) is 13.0 Å². The van der Waals surface area contributed by atoms with Crippen LogP contribution in [0.25, 0.3) is 0 Å². The fourth-order valence-electron chi connectivity index (χ4n) is 0.597. The first-order chi connectivity index (χ1) is 4.93. The Morgan fingerprint density at radius 3 is 2.09 bits per heavy atom. The lowest BCUT2D eigenvalue weighted by Crippen LogP contribution is -2.30. The number of nitriles is 1. The summed E-state index contributed by atoms with van der Waals surface area (Å²) >= 11 is 2.92. The summed E-state index contributed by atoms with van der Waals surface area (Å²) in [5, 5.41) is 8.58. The van der Waals surface area contributed by atoms with Gasteiger partial charge in [-0.2, -0.15) is 5.26 Å². The van der Waals surface area contributed by atoms with Gasteiger partial charge in [0, 0.05) is 5.75 Å². The van der Waals surface area contributed by atoms with Crippen molar-refractivity contribution in [3.63, 3.8) is 0 Å². The van der Waals surface area contributed by atoms with Crippen LogP contribution >= 0.6 is 15.9 Å². The monoisotopic (exact) mass is 239 g/mol.